The van der Waals surface area contributed by atoms with Gasteiger partial charge < -0.3 is 10.1 Å². The molecule has 174 valence electrons. The lowest BCUT2D eigenvalue weighted by Gasteiger charge is -2.10. The van der Waals surface area contributed by atoms with Gasteiger partial charge in [-0.25, -0.2) is 4.39 Å². The Hall–Kier alpha value is -3.06. The van der Waals surface area contributed by atoms with Gasteiger partial charge in [0.15, 0.2) is 5.82 Å². The van der Waals surface area contributed by atoms with E-state index in [4.69, 9.17) is 39.5 Å². The van der Waals surface area contributed by atoms with Crippen LogP contribution in [0, 0.1) is 12.7 Å². The summed E-state index contributed by atoms with van der Waals surface area (Å²) in [6, 6.07) is 17.0. The first-order valence-electron chi connectivity index (χ1n) is 10.3. The Bertz CT molecular complexity index is 1340. The Balaban J connectivity index is 1.44. The molecule has 9 heteroatoms. The van der Waals surface area contributed by atoms with Gasteiger partial charge in [-0.05, 0) is 54.4 Å². The summed E-state index contributed by atoms with van der Waals surface area (Å²) in [6.07, 6.45) is 1.50. The van der Waals surface area contributed by atoms with Crippen LogP contribution in [0.1, 0.15) is 27.0 Å². The molecular weight excluding hydrogens is 500 g/mol. The summed E-state index contributed by atoms with van der Waals surface area (Å²) < 4.78 is 21.3. The molecule has 0 fully saturated rings. The fourth-order valence-corrected chi connectivity index (χ4v) is 3.87. The van der Waals surface area contributed by atoms with Crippen LogP contribution in [0.15, 0.2) is 66.9 Å². The van der Waals surface area contributed by atoms with Crippen molar-refractivity contribution in [1.82, 2.24) is 9.78 Å². The van der Waals surface area contributed by atoms with Crippen molar-refractivity contribution in [3.05, 3.63) is 110 Å². The Labute approximate surface area is 211 Å². The lowest BCUT2D eigenvalue weighted by Crippen LogP contribution is -2.14. The number of amides is 1. The van der Waals surface area contributed by atoms with Gasteiger partial charge in [0.2, 0.25) is 0 Å². The molecular formula is C25H19Cl3FN3O2. The molecule has 1 aromatic heterocycles. The fraction of sp³-hybridized carbons (Fsp3) is 0.120. The second kappa shape index (κ2) is 10.5. The van der Waals surface area contributed by atoms with Crippen LogP contribution >= 0.6 is 34.8 Å². The quantitative estimate of drug-likeness (QED) is 0.282. The van der Waals surface area contributed by atoms with Crippen LogP contribution in [0.4, 0.5) is 10.2 Å². The monoisotopic (exact) mass is 517 g/mol. The lowest BCUT2D eigenvalue weighted by molar-refractivity contribution is 0.102. The van der Waals surface area contributed by atoms with E-state index in [2.05, 4.69) is 10.4 Å². The van der Waals surface area contributed by atoms with E-state index in [-0.39, 0.29) is 34.6 Å². The molecule has 4 rings (SSSR count). The highest BCUT2D eigenvalue weighted by atomic mass is 35.5. The molecule has 0 aliphatic carbocycles. The third-order valence-corrected chi connectivity index (χ3v) is 5.94. The first kappa shape index (κ1) is 24.1. The predicted octanol–water partition coefficient (Wildman–Crippen LogP) is 7.17. The third-order valence-electron chi connectivity index (χ3n) is 5.00. The second-order valence-electron chi connectivity index (χ2n) is 7.60. The third kappa shape index (κ3) is 5.70. The standard InChI is InChI=1S/C25H19Cl3FN3O2/c1-15-8-9-20(27)23(10-15)34-14-16-4-2-5-17(11-16)25(33)30-24-21(28)13-32(31-24)12-18-19(26)6-3-7-22(18)29/h2-11,13H,12,14H2,1H3,(H,30,31,33). The minimum Gasteiger partial charge on any atom is -0.487 e. The second-order valence-corrected chi connectivity index (χ2v) is 8.82. The normalized spacial score (nSPS) is 10.9. The zero-order valence-corrected chi connectivity index (χ0v) is 20.3. The van der Waals surface area contributed by atoms with Crippen LogP contribution in [0.5, 0.6) is 5.75 Å². The number of hydrogen-bond donors (Lipinski definition) is 1. The highest BCUT2D eigenvalue weighted by molar-refractivity contribution is 6.33. The van der Waals surface area contributed by atoms with Crippen LogP contribution in [-0.4, -0.2) is 15.7 Å². The zero-order valence-electron chi connectivity index (χ0n) is 18.0. The smallest absolute Gasteiger partial charge is 0.256 e. The molecule has 0 radical (unpaired) electrons. The van der Waals surface area contributed by atoms with Crippen LogP contribution in [-0.2, 0) is 13.2 Å². The Morgan fingerprint density at radius 3 is 2.62 bits per heavy atom. The van der Waals surface area contributed by atoms with Gasteiger partial charge in [-0.2, -0.15) is 5.10 Å². The Morgan fingerprint density at radius 1 is 1.03 bits per heavy atom. The maximum absolute atomic E-state index is 14.1. The Morgan fingerprint density at radius 2 is 1.82 bits per heavy atom. The maximum atomic E-state index is 14.1. The van der Waals surface area contributed by atoms with E-state index in [9.17, 15) is 9.18 Å². The van der Waals surface area contributed by atoms with E-state index in [0.29, 0.717) is 16.3 Å². The van der Waals surface area contributed by atoms with Crippen molar-refractivity contribution in [1.29, 1.82) is 0 Å². The van der Waals surface area contributed by atoms with Crippen molar-refractivity contribution in [2.24, 2.45) is 0 Å². The van der Waals surface area contributed by atoms with Crippen molar-refractivity contribution in [3.63, 3.8) is 0 Å². The van der Waals surface area contributed by atoms with E-state index in [1.54, 1.807) is 30.3 Å². The number of carbonyl (C=O) groups excluding carboxylic acids is 1. The molecule has 0 bridgehead atoms. The van der Waals surface area contributed by atoms with Gasteiger partial charge >= 0.3 is 0 Å². The number of carbonyl (C=O) groups is 1. The van der Waals surface area contributed by atoms with E-state index < -0.39 is 11.7 Å². The number of rotatable bonds is 7. The zero-order chi connectivity index (χ0) is 24.2. The molecule has 0 saturated heterocycles. The summed E-state index contributed by atoms with van der Waals surface area (Å²) in [5.74, 6) is -0.113. The van der Waals surface area contributed by atoms with E-state index in [1.807, 2.05) is 25.1 Å². The fourth-order valence-electron chi connectivity index (χ4n) is 3.27. The van der Waals surface area contributed by atoms with Gasteiger partial charge in [0.1, 0.15) is 23.2 Å². The number of anilines is 1. The highest BCUT2D eigenvalue weighted by Crippen LogP contribution is 2.27. The molecule has 1 N–H and O–H groups in total. The SMILES string of the molecule is Cc1ccc(Cl)c(OCc2cccc(C(=O)Nc3nn(Cc4c(F)cccc4Cl)cc3Cl)c2)c1. The number of hydrogen-bond acceptors (Lipinski definition) is 3. The number of benzene rings is 3. The van der Waals surface area contributed by atoms with Gasteiger partial charge in [-0.1, -0.05) is 59.1 Å². The topological polar surface area (TPSA) is 56.1 Å². The summed E-state index contributed by atoms with van der Waals surface area (Å²) in [7, 11) is 0. The summed E-state index contributed by atoms with van der Waals surface area (Å²) in [5.41, 5.74) is 2.50. The molecule has 0 aliphatic rings. The van der Waals surface area contributed by atoms with Gasteiger partial charge in [-0.3, -0.25) is 9.48 Å². The molecule has 3 aromatic carbocycles. The first-order chi connectivity index (χ1) is 16.3. The summed E-state index contributed by atoms with van der Waals surface area (Å²) in [5, 5.41) is 7.96. The summed E-state index contributed by atoms with van der Waals surface area (Å²) >= 11 is 18.5. The van der Waals surface area contributed by atoms with E-state index in [0.717, 1.165) is 11.1 Å². The van der Waals surface area contributed by atoms with Crippen LogP contribution in [0.2, 0.25) is 15.1 Å². The van der Waals surface area contributed by atoms with Crippen LogP contribution in [0.25, 0.3) is 0 Å². The number of nitrogens with zero attached hydrogens (tertiary/aromatic N) is 2. The predicted molar refractivity (Wildman–Crippen MR) is 133 cm³/mol. The van der Waals surface area contributed by atoms with Crippen LogP contribution < -0.4 is 10.1 Å². The molecule has 4 aromatic rings. The molecule has 5 nitrogen and oxygen atoms in total. The Kier molecular flexibility index (Phi) is 7.41. The average Bonchev–Trinajstić information content (AvgIpc) is 3.15. The number of nitrogens with one attached hydrogen (secondary N) is 1. The molecule has 1 amide bonds. The summed E-state index contributed by atoms with van der Waals surface area (Å²) in [4.78, 5) is 12.8. The number of aromatic nitrogens is 2. The van der Waals surface area contributed by atoms with Gasteiger partial charge in [0.25, 0.3) is 5.91 Å². The maximum Gasteiger partial charge on any atom is 0.256 e. The van der Waals surface area contributed by atoms with Crippen molar-refractivity contribution in [2.75, 3.05) is 5.32 Å². The molecule has 34 heavy (non-hydrogen) atoms. The highest BCUT2D eigenvalue weighted by Gasteiger charge is 2.15. The van der Waals surface area contributed by atoms with Crippen molar-refractivity contribution in [2.45, 2.75) is 20.1 Å². The molecule has 0 aliphatic heterocycles. The van der Waals surface area contributed by atoms with Crippen molar-refractivity contribution in [3.8, 4) is 5.75 Å². The minimum atomic E-state index is -0.448. The van der Waals surface area contributed by atoms with Crippen LogP contribution in [0.3, 0.4) is 0 Å². The first-order valence-corrected chi connectivity index (χ1v) is 11.4. The number of aryl methyl sites for hydroxylation is 1. The molecule has 0 atom stereocenters. The largest absolute Gasteiger partial charge is 0.487 e. The van der Waals surface area contributed by atoms with Crippen molar-refractivity contribution < 1.29 is 13.9 Å². The van der Waals surface area contributed by atoms with E-state index >= 15 is 0 Å². The van der Waals surface area contributed by atoms with E-state index in [1.165, 1.54) is 23.0 Å². The van der Waals surface area contributed by atoms with Gasteiger partial charge in [0, 0.05) is 22.3 Å². The average molecular weight is 519 g/mol. The number of halogens is 4. The number of ether oxygens (including phenoxy) is 1. The minimum absolute atomic E-state index is 0.0649. The lowest BCUT2D eigenvalue weighted by atomic mass is 10.1. The molecule has 0 spiro atoms. The summed E-state index contributed by atoms with van der Waals surface area (Å²) in [6.45, 7) is 2.25. The molecule has 0 saturated carbocycles. The van der Waals surface area contributed by atoms with Gasteiger partial charge in [-0.15, -0.1) is 0 Å². The van der Waals surface area contributed by atoms with Crippen molar-refractivity contribution >= 4 is 46.5 Å². The molecule has 1 heterocycles. The van der Waals surface area contributed by atoms with Gasteiger partial charge in [0.05, 0.1) is 11.6 Å². The molecule has 0 unspecified atom stereocenters.